The van der Waals surface area contributed by atoms with E-state index >= 15 is 0 Å². The number of amides is 1. The van der Waals surface area contributed by atoms with Gasteiger partial charge < -0.3 is 20.1 Å². The molecule has 0 saturated heterocycles. The van der Waals surface area contributed by atoms with E-state index in [1.54, 1.807) is 25.3 Å². The minimum atomic E-state index is -0.255. The molecule has 0 aliphatic carbocycles. The first-order valence-electron chi connectivity index (χ1n) is 5.30. The van der Waals surface area contributed by atoms with E-state index in [-0.39, 0.29) is 19.0 Å². The molecular weight excluding hydrogens is 234 g/mol. The molecule has 0 radical (unpaired) electrons. The number of nitrogens with zero attached hydrogens (tertiary/aromatic N) is 1. The van der Waals surface area contributed by atoms with Crippen molar-refractivity contribution in [3.63, 3.8) is 0 Å². The third-order valence-corrected chi connectivity index (χ3v) is 2.21. The Labute approximate surface area is 106 Å². The molecule has 0 atom stereocenters. The predicted molar refractivity (Wildman–Crippen MR) is 66.7 cm³/mol. The standard InChI is InChI=1S/C12H15N3O3/c1-17-9-3-4-10(11(7-9)18-2)15-8-12(16)14-6-5-13/h3-4,7,15H,6,8H2,1-2H3,(H,14,16). The van der Waals surface area contributed by atoms with E-state index < -0.39 is 0 Å². The molecule has 1 aromatic carbocycles. The summed E-state index contributed by atoms with van der Waals surface area (Å²) < 4.78 is 10.2. The van der Waals surface area contributed by atoms with Gasteiger partial charge in [-0.15, -0.1) is 0 Å². The fourth-order valence-electron chi connectivity index (χ4n) is 1.32. The Bertz CT molecular complexity index is 454. The summed E-state index contributed by atoms with van der Waals surface area (Å²) in [7, 11) is 3.10. The number of methoxy groups -OCH3 is 2. The van der Waals surface area contributed by atoms with Crippen molar-refractivity contribution in [2.75, 3.05) is 32.6 Å². The average molecular weight is 249 g/mol. The topological polar surface area (TPSA) is 83.4 Å². The Morgan fingerprint density at radius 3 is 2.78 bits per heavy atom. The molecule has 0 bridgehead atoms. The van der Waals surface area contributed by atoms with Gasteiger partial charge in [-0.3, -0.25) is 4.79 Å². The normalized spacial score (nSPS) is 9.17. The number of nitriles is 1. The van der Waals surface area contributed by atoms with Crippen molar-refractivity contribution in [2.45, 2.75) is 0 Å². The molecule has 2 N–H and O–H groups in total. The zero-order valence-corrected chi connectivity index (χ0v) is 10.3. The van der Waals surface area contributed by atoms with Crippen LogP contribution in [0.3, 0.4) is 0 Å². The van der Waals surface area contributed by atoms with Crippen LogP contribution in [0.15, 0.2) is 18.2 Å². The van der Waals surface area contributed by atoms with Gasteiger partial charge in [0.15, 0.2) is 0 Å². The van der Waals surface area contributed by atoms with Crippen LogP contribution < -0.4 is 20.1 Å². The van der Waals surface area contributed by atoms with Gasteiger partial charge in [0.05, 0.1) is 32.5 Å². The van der Waals surface area contributed by atoms with Gasteiger partial charge in [0, 0.05) is 6.07 Å². The van der Waals surface area contributed by atoms with Gasteiger partial charge in [-0.05, 0) is 12.1 Å². The van der Waals surface area contributed by atoms with Crippen LogP contribution in [0, 0.1) is 11.3 Å². The third kappa shape index (κ3) is 3.87. The van der Waals surface area contributed by atoms with Crippen LogP contribution >= 0.6 is 0 Å². The molecule has 0 heterocycles. The molecule has 0 aliphatic heterocycles. The number of rotatable bonds is 6. The van der Waals surface area contributed by atoms with Crippen molar-refractivity contribution in [2.24, 2.45) is 0 Å². The molecule has 18 heavy (non-hydrogen) atoms. The Morgan fingerprint density at radius 1 is 1.39 bits per heavy atom. The minimum absolute atomic E-state index is 0.000259. The summed E-state index contributed by atoms with van der Waals surface area (Å²) in [4.78, 5) is 11.3. The third-order valence-electron chi connectivity index (χ3n) is 2.21. The van der Waals surface area contributed by atoms with Gasteiger partial charge in [-0.25, -0.2) is 0 Å². The number of benzene rings is 1. The molecule has 0 aromatic heterocycles. The molecule has 1 aromatic rings. The Balaban J connectivity index is 2.62. The maximum absolute atomic E-state index is 11.3. The van der Waals surface area contributed by atoms with Gasteiger partial charge in [0.25, 0.3) is 0 Å². The molecule has 0 unspecified atom stereocenters. The van der Waals surface area contributed by atoms with Crippen molar-refractivity contribution in [1.29, 1.82) is 5.26 Å². The summed E-state index contributed by atoms with van der Waals surface area (Å²) in [5, 5.41) is 13.7. The lowest BCUT2D eigenvalue weighted by molar-refractivity contribution is -0.119. The van der Waals surface area contributed by atoms with Crippen molar-refractivity contribution in [1.82, 2.24) is 5.32 Å². The predicted octanol–water partition coefficient (Wildman–Crippen LogP) is 0.755. The molecular formula is C12H15N3O3. The number of carbonyl (C=O) groups excluding carboxylic acids is 1. The number of nitrogens with one attached hydrogen (secondary N) is 2. The first-order valence-corrected chi connectivity index (χ1v) is 5.30. The van der Waals surface area contributed by atoms with Crippen LogP contribution in [-0.2, 0) is 4.79 Å². The fourth-order valence-corrected chi connectivity index (χ4v) is 1.32. The van der Waals surface area contributed by atoms with Crippen LogP contribution in [0.4, 0.5) is 5.69 Å². The van der Waals surface area contributed by atoms with Crippen LogP contribution in [0.2, 0.25) is 0 Å². The van der Waals surface area contributed by atoms with E-state index in [9.17, 15) is 4.79 Å². The molecule has 6 heteroatoms. The van der Waals surface area contributed by atoms with Gasteiger partial charge in [0.1, 0.15) is 18.0 Å². The highest BCUT2D eigenvalue weighted by molar-refractivity contribution is 5.81. The quantitative estimate of drug-likeness (QED) is 0.727. The number of carbonyl (C=O) groups is 1. The molecule has 0 fully saturated rings. The second-order valence-corrected chi connectivity index (χ2v) is 3.35. The monoisotopic (exact) mass is 249 g/mol. The van der Waals surface area contributed by atoms with E-state index in [1.807, 2.05) is 6.07 Å². The Morgan fingerprint density at radius 2 is 2.17 bits per heavy atom. The zero-order valence-electron chi connectivity index (χ0n) is 10.3. The Kier molecular flexibility index (Phi) is 5.32. The second kappa shape index (κ2) is 7.01. The van der Waals surface area contributed by atoms with Crippen molar-refractivity contribution in [3.8, 4) is 17.6 Å². The lowest BCUT2D eigenvalue weighted by Crippen LogP contribution is -2.30. The second-order valence-electron chi connectivity index (χ2n) is 3.35. The van der Waals surface area contributed by atoms with E-state index in [4.69, 9.17) is 14.7 Å². The van der Waals surface area contributed by atoms with E-state index in [2.05, 4.69) is 10.6 Å². The molecule has 1 rings (SSSR count). The summed E-state index contributed by atoms with van der Waals surface area (Å²) in [6, 6.07) is 7.07. The summed E-state index contributed by atoms with van der Waals surface area (Å²) in [5.41, 5.74) is 0.686. The van der Waals surface area contributed by atoms with Crippen LogP contribution in [0.1, 0.15) is 0 Å². The van der Waals surface area contributed by atoms with Gasteiger partial charge >= 0.3 is 0 Å². The van der Waals surface area contributed by atoms with E-state index in [0.717, 1.165) is 0 Å². The van der Waals surface area contributed by atoms with Crippen molar-refractivity contribution >= 4 is 11.6 Å². The van der Waals surface area contributed by atoms with Crippen molar-refractivity contribution in [3.05, 3.63) is 18.2 Å². The molecule has 0 spiro atoms. The Hall–Kier alpha value is -2.42. The zero-order chi connectivity index (χ0) is 13.4. The van der Waals surface area contributed by atoms with Gasteiger partial charge in [-0.1, -0.05) is 0 Å². The first kappa shape index (κ1) is 13.6. The molecule has 0 saturated carbocycles. The highest BCUT2D eigenvalue weighted by Gasteiger charge is 2.06. The highest BCUT2D eigenvalue weighted by Crippen LogP contribution is 2.28. The largest absolute Gasteiger partial charge is 0.497 e. The maximum Gasteiger partial charge on any atom is 0.240 e. The first-order chi connectivity index (χ1) is 8.71. The average Bonchev–Trinajstić information content (AvgIpc) is 2.42. The molecule has 96 valence electrons. The van der Waals surface area contributed by atoms with E-state index in [0.29, 0.717) is 17.2 Å². The SMILES string of the molecule is COc1ccc(NCC(=O)NCC#N)c(OC)c1. The number of anilines is 1. The van der Waals surface area contributed by atoms with Crippen molar-refractivity contribution < 1.29 is 14.3 Å². The van der Waals surface area contributed by atoms with Gasteiger partial charge in [0.2, 0.25) is 5.91 Å². The molecule has 0 aliphatic rings. The molecule has 1 amide bonds. The van der Waals surface area contributed by atoms with Crippen LogP contribution in [-0.4, -0.2) is 33.2 Å². The minimum Gasteiger partial charge on any atom is -0.497 e. The maximum atomic E-state index is 11.3. The number of hydrogen-bond acceptors (Lipinski definition) is 5. The number of hydrogen-bond donors (Lipinski definition) is 2. The van der Waals surface area contributed by atoms with Crippen LogP contribution in [0.25, 0.3) is 0 Å². The smallest absolute Gasteiger partial charge is 0.240 e. The van der Waals surface area contributed by atoms with E-state index in [1.165, 1.54) is 7.11 Å². The summed E-state index contributed by atoms with van der Waals surface area (Å²) >= 11 is 0. The van der Waals surface area contributed by atoms with Gasteiger partial charge in [-0.2, -0.15) is 5.26 Å². The fraction of sp³-hybridized carbons (Fsp3) is 0.333. The summed E-state index contributed by atoms with van der Waals surface area (Å²) in [5.74, 6) is 1.00. The van der Waals surface area contributed by atoms with Crippen LogP contribution in [0.5, 0.6) is 11.5 Å². The summed E-state index contributed by atoms with van der Waals surface area (Å²) in [6.45, 7) is 0.0740. The summed E-state index contributed by atoms with van der Waals surface area (Å²) in [6.07, 6.45) is 0. The lowest BCUT2D eigenvalue weighted by Gasteiger charge is -2.11. The number of ether oxygens (including phenoxy) is 2. The lowest BCUT2D eigenvalue weighted by atomic mass is 10.2. The molecule has 6 nitrogen and oxygen atoms in total. The highest BCUT2D eigenvalue weighted by atomic mass is 16.5.